The SMILES string of the molecule is C/C=C1\NC(=O)[C@@H](CS)NC(=O)[C@@H](C(C)C)NC(=O)C[C@@H](/C=C/CCS)O[C@H](C(C)C)NC1=O. The van der Waals surface area contributed by atoms with Crippen molar-refractivity contribution in [2.45, 2.75) is 71.9 Å². The molecule has 1 aliphatic rings. The number of hydrogen-bond donors (Lipinski definition) is 6. The minimum atomic E-state index is -1.00. The zero-order chi connectivity index (χ0) is 25.8. The van der Waals surface area contributed by atoms with Crippen molar-refractivity contribution in [2.75, 3.05) is 11.5 Å². The molecule has 0 unspecified atom stereocenters. The molecule has 9 nitrogen and oxygen atoms in total. The number of allylic oxidation sites excluding steroid dienone is 2. The summed E-state index contributed by atoms with van der Waals surface area (Å²) in [7, 11) is 0. The Morgan fingerprint density at radius 2 is 1.68 bits per heavy atom. The van der Waals surface area contributed by atoms with Crippen LogP contribution in [0.5, 0.6) is 0 Å². The van der Waals surface area contributed by atoms with E-state index in [4.69, 9.17) is 4.74 Å². The lowest BCUT2D eigenvalue weighted by Crippen LogP contribution is -2.56. The van der Waals surface area contributed by atoms with Crippen molar-refractivity contribution >= 4 is 48.9 Å². The Labute approximate surface area is 213 Å². The monoisotopic (exact) mass is 514 g/mol. The van der Waals surface area contributed by atoms with Crippen LogP contribution in [0.1, 0.15) is 47.5 Å². The molecule has 0 bridgehead atoms. The maximum Gasteiger partial charge on any atom is 0.269 e. The van der Waals surface area contributed by atoms with E-state index in [1.807, 2.05) is 19.9 Å². The lowest BCUT2D eigenvalue weighted by atomic mass is 10.0. The predicted molar refractivity (Wildman–Crippen MR) is 138 cm³/mol. The van der Waals surface area contributed by atoms with Gasteiger partial charge in [-0.1, -0.05) is 45.9 Å². The summed E-state index contributed by atoms with van der Waals surface area (Å²) in [6.45, 7) is 8.95. The molecular weight excluding hydrogens is 476 g/mol. The van der Waals surface area contributed by atoms with E-state index in [9.17, 15) is 19.2 Å². The van der Waals surface area contributed by atoms with Gasteiger partial charge in [0.1, 0.15) is 24.0 Å². The van der Waals surface area contributed by atoms with Crippen molar-refractivity contribution in [3.05, 3.63) is 23.9 Å². The van der Waals surface area contributed by atoms with Crippen molar-refractivity contribution in [3.8, 4) is 0 Å². The molecule has 0 saturated carbocycles. The molecule has 4 atom stereocenters. The number of carbonyl (C=O) groups is 4. The summed E-state index contributed by atoms with van der Waals surface area (Å²) in [4.78, 5) is 51.4. The molecule has 34 heavy (non-hydrogen) atoms. The Hall–Kier alpha value is -1.98. The van der Waals surface area contributed by atoms with Gasteiger partial charge in [0.25, 0.3) is 5.91 Å². The van der Waals surface area contributed by atoms with Crippen LogP contribution in [0.2, 0.25) is 0 Å². The average molecular weight is 515 g/mol. The fraction of sp³-hybridized carbons (Fsp3) is 0.652. The first-order valence-corrected chi connectivity index (χ1v) is 12.7. The van der Waals surface area contributed by atoms with E-state index in [2.05, 4.69) is 46.5 Å². The van der Waals surface area contributed by atoms with Crippen LogP contribution < -0.4 is 21.3 Å². The van der Waals surface area contributed by atoms with Crippen LogP contribution in [-0.2, 0) is 23.9 Å². The number of rotatable bonds is 6. The molecule has 4 N–H and O–H groups in total. The van der Waals surface area contributed by atoms with Gasteiger partial charge >= 0.3 is 0 Å². The number of hydrogen-bond acceptors (Lipinski definition) is 7. The van der Waals surface area contributed by atoms with Crippen LogP contribution in [0.4, 0.5) is 0 Å². The largest absolute Gasteiger partial charge is 0.350 e. The van der Waals surface area contributed by atoms with Gasteiger partial charge in [0.05, 0.1) is 12.5 Å². The van der Waals surface area contributed by atoms with E-state index in [0.717, 1.165) is 0 Å². The molecule has 1 fully saturated rings. The zero-order valence-corrected chi connectivity index (χ0v) is 22.2. The van der Waals surface area contributed by atoms with Crippen LogP contribution in [0.15, 0.2) is 23.9 Å². The third-order valence-corrected chi connectivity index (χ3v) is 5.73. The molecule has 0 aromatic rings. The normalized spacial score (nSPS) is 27.3. The van der Waals surface area contributed by atoms with Gasteiger partial charge in [-0.05, 0) is 30.9 Å². The molecule has 192 valence electrons. The summed E-state index contributed by atoms with van der Waals surface area (Å²) in [5.74, 6) is -1.77. The van der Waals surface area contributed by atoms with Crippen LogP contribution in [0.3, 0.4) is 0 Å². The highest BCUT2D eigenvalue weighted by atomic mass is 32.1. The van der Waals surface area contributed by atoms with E-state index in [0.29, 0.717) is 12.2 Å². The Balaban J connectivity index is 3.38. The maximum absolute atomic E-state index is 12.9. The summed E-state index contributed by atoms with van der Waals surface area (Å²) in [6.07, 6.45) is 4.33. The van der Waals surface area contributed by atoms with Crippen LogP contribution in [-0.4, -0.2) is 59.5 Å². The fourth-order valence-electron chi connectivity index (χ4n) is 3.12. The molecule has 0 aliphatic carbocycles. The first kappa shape index (κ1) is 30.1. The third kappa shape index (κ3) is 9.71. The number of ether oxygens (including phenoxy) is 1. The molecule has 1 rings (SSSR count). The Bertz CT molecular complexity index is 785. The maximum atomic E-state index is 12.9. The van der Waals surface area contributed by atoms with Gasteiger partial charge in [-0.15, -0.1) is 0 Å². The van der Waals surface area contributed by atoms with Gasteiger partial charge in [0.2, 0.25) is 17.7 Å². The topological polar surface area (TPSA) is 126 Å². The molecule has 1 heterocycles. The lowest BCUT2D eigenvalue weighted by molar-refractivity contribution is -0.133. The van der Waals surface area contributed by atoms with E-state index in [-0.39, 0.29) is 35.6 Å². The standard InChI is InChI=1S/C23H38N4O5S2/c1-6-16-20(29)27-23(14(4)5)32-15(9-7-8-10-33)11-18(28)26-19(13(2)3)22(31)25-17(12-34)21(30)24-16/h6-7,9,13-15,17,19,23,33-34H,8,10-12H2,1-5H3,(H,24,30)(H,25,31)(H,26,28)(H,27,29)/b9-7+,16-6-/t15-,17-,19-,23-/m1/s1. The Kier molecular flexibility index (Phi) is 13.4. The van der Waals surface area contributed by atoms with Gasteiger partial charge < -0.3 is 26.0 Å². The third-order valence-electron chi connectivity index (χ3n) is 5.11. The highest BCUT2D eigenvalue weighted by Crippen LogP contribution is 2.13. The molecule has 1 aliphatic heterocycles. The number of nitrogens with one attached hydrogen (secondary N) is 4. The molecule has 0 spiro atoms. The molecule has 4 amide bonds. The summed E-state index contributed by atoms with van der Waals surface area (Å²) in [6, 6.07) is -1.87. The molecule has 0 radical (unpaired) electrons. The van der Waals surface area contributed by atoms with Gasteiger partial charge in [0.15, 0.2) is 0 Å². The van der Waals surface area contributed by atoms with Gasteiger partial charge in [-0.3, -0.25) is 19.2 Å². The zero-order valence-electron chi connectivity index (χ0n) is 20.5. The van der Waals surface area contributed by atoms with Crippen LogP contribution >= 0.6 is 25.3 Å². The van der Waals surface area contributed by atoms with Gasteiger partial charge in [-0.25, -0.2) is 0 Å². The van der Waals surface area contributed by atoms with Crippen LogP contribution in [0.25, 0.3) is 0 Å². The quantitative estimate of drug-likeness (QED) is 0.181. The Morgan fingerprint density at radius 1 is 1.00 bits per heavy atom. The number of amides is 4. The summed E-state index contributed by atoms with van der Waals surface area (Å²) < 4.78 is 6.10. The van der Waals surface area contributed by atoms with Crippen molar-refractivity contribution in [1.82, 2.24) is 21.3 Å². The number of carbonyl (C=O) groups excluding carboxylic acids is 4. The predicted octanol–water partition coefficient (Wildman–Crippen LogP) is 1.33. The summed E-state index contributed by atoms with van der Waals surface area (Å²) in [5.41, 5.74) is 0.0203. The van der Waals surface area contributed by atoms with Crippen molar-refractivity contribution in [2.24, 2.45) is 11.8 Å². The minimum absolute atomic E-state index is 0.00465. The number of thiol groups is 2. The molecule has 0 aromatic carbocycles. The lowest BCUT2D eigenvalue weighted by Gasteiger charge is -2.27. The molecular formula is C23H38N4O5S2. The van der Waals surface area contributed by atoms with E-state index in [1.165, 1.54) is 6.08 Å². The van der Waals surface area contributed by atoms with Gasteiger partial charge in [0, 0.05) is 5.75 Å². The second-order valence-corrected chi connectivity index (χ2v) is 9.49. The molecule has 0 aromatic heterocycles. The Morgan fingerprint density at radius 3 is 2.21 bits per heavy atom. The summed E-state index contributed by atoms with van der Waals surface area (Å²) in [5, 5.41) is 10.7. The second kappa shape index (κ2) is 15.1. The smallest absolute Gasteiger partial charge is 0.269 e. The van der Waals surface area contributed by atoms with Gasteiger partial charge in [-0.2, -0.15) is 25.3 Å². The minimum Gasteiger partial charge on any atom is -0.350 e. The highest BCUT2D eigenvalue weighted by molar-refractivity contribution is 7.80. The first-order chi connectivity index (χ1) is 16.0. The van der Waals surface area contributed by atoms with E-state index < -0.39 is 42.1 Å². The van der Waals surface area contributed by atoms with E-state index in [1.54, 1.807) is 26.8 Å². The summed E-state index contributed by atoms with van der Waals surface area (Å²) >= 11 is 8.37. The molecule has 1 saturated heterocycles. The fourth-order valence-corrected chi connectivity index (χ4v) is 3.53. The molecule has 11 heteroatoms. The van der Waals surface area contributed by atoms with E-state index >= 15 is 0 Å². The van der Waals surface area contributed by atoms with Crippen molar-refractivity contribution in [1.29, 1.82) is 0 Å². The average Bonchev–Trinajstić information content (AvgIpc) is 2.77. The van der Waals surface area contributed by atoms with Crippen molar-refractivity contribution in [3.63, 3.8) is 0 Å². The second-order valence-electron chi connectivity index (χ2n) is 8.68. The first-order valence-electron chi connectivity index (χ1n) is 11.5. The van der Waals surface area contributed by atoms with Crippen LogP contribution in [0, 0.1) is 11.8 Å². The van der Waals surface area contributed by atoms with Crippen molar-refractivity contribution < 1.29 is 23.9 Å². The highest BCUT2D eigenvalue weighted by Gasteiger charge is 2.31.